The van der Waals surface area contributed by atoms with Gasteiger partial charge in [0.05, 0.1) is 0 Å². The summed E-state index contributed by atoms with van der Waals surface area (Å²) in [5.41, 5.74) is 0.801. The average molecular weight is 186 g/mol. The third-order valence-electron chi connectivity index (χ3n) is 0.485. The fraction of sp³-hybridized carbons (Fsp3) is 0.250. The molecule has 3 nitrogen and oxygen atoms in total. The first-order valence-corrected chi connectivity index (χ1v) is 1.64. The molecule has 1 radical (unpaired) electrons. The molecule has 8 heavy (non-hydrogen) atoms. The Bertz CT molecular complexity index is 115. The number of H-pyrrole nitrogens is 1. The van der Waals surface area contributed by atoms with Crippen molar-refractivity contribution >= 4 is 0 Å². The third kappa shape index (κ3) is 3.27. The van der Waals surface area contributed by atoms with E-state index < -0.39 is 0 Å². The van der Waals surface area contributed by atoms with Crippen LogP contribution in [-0.2, 0) is 32.7 Å². The molecular formula is C4H7N3Y-2. The SMILES string of the molecule is Cc1[c-]n[nH]n1.[CH3-].[Y]. The molecule has 0 atom stereocenters. The molecular weight excluding hydrogens is 179 g/mol. The van der Waals surface area contributed by atoms with Crippen molar-refractivity contribution in [2.24, 2.45) is 0 Å². The summed E-state index contributed by atoms with van der Waals surface area (Å²) in [5, 5.41) is 9.46. The van der Waals surface area contributed by atoms with Crippen molar-refractivity contribution in [1.82, 2.24) is 15.4 Å². The van der Waals surface area contributed by atoms with E-state index in [0.717, 1.165) is 5.69 Å². The van der Waals surface area contributed by atoms with Crippen LogP contribution in [0.2, 0.25) is 0 Å². The van der Waals surface area contributed by atoms with Gasteiger partial charge in [-0.3, -0.25) is 0 Å². The van der Waals surface area contributed by atoms with Crippen molar-refractivity contribution in [1.29, 1.82) is 0 Å². The van der Waals surface area contributed by atoms with Crippen LogP contribution in [0.15, 0.2) is 0 Å². The van der Waals surface area contributed by atoms with Crippen LogP contribution in [-0.4, -0.2) is 15.4 Å². The van der Waals surface area contributed by atoms with Crippen molar-refractivity contribution < 1.29 is 32.7 Å². The zero-order valence-corrected chi connectivity index (χ0v) is 7.81. The van der Waals surface area contributed by atoms with Gasteiger partial charge >= 0.3 is 0 Å². The number of hydrogen-bond acceptors (Lipinski definition) is 2. The molecule has 0 saturated carbocycles. The molecule has 1 aromatic rings. The number of aryl methyl sites for hydroxylation is 1. The fourth-order valence-electron chi connectivity index (χ4n) is 0.231. The maximum absolute atomic E-state index is 3.62. The molecule has 0 spiro atoms. The molecule has 0 saturated heterocycles. The Labute approximate surface area is 74.1 Å². The number of aromatic amines is 1. The van der Waals surface area contributed by atoms with Crippen LogP contribution < -0.4 is 0 Å². The molecule has 0 aliphatic heterocycles. The number of rotatable bonds is 0. The molecule has 0 aliphatic rings. The summed E-state index contributed by atoms with van der Waals surface area (Å²) < 4.78 is 0. The minimum absolute atomic E-state index is 0. The molecule has 0 aromatic carbocycles. The quantitative estimate of drug-likeness (QED) is 0.594. The van der Waals surface area contributed by atoms with E-state index >= 15 is 0 Å². The van der Waals surface area contributed by atoms with Gasteiger partial charge in [0.2, 0.25) is 0 Å². The molecule has 1 aromatic heterocycles. The zero-order chi connectivity index (χ0) is 4.41. The summed E-state index contributed by atoms with van der Waals surface area (Å²) in [7, 11) is 0. The summed E-state index contributed by atoms with van der Waals surface area (Å²) >= 11 is 0. The predicted molar refractivity (Wildman–Crippen MR) is 26.4 cm³/mol. The maximum Gasteiger partial charge on any atom is 0 e. The van der Waals surface area contributed by atoms with Gasteiger partial charge in [0.15, 0.2) is 0 Å². The zero-order valence-electron chi connectivity index (χ0n) is 4.97. The van der Waals surface area contributed by atoms with Gasteiger partial charge < -0.3 is 18.7 Å². The summed E-state index contributed by atoms with van der Waals surface area (Å²) in [4.78, 5) is 0. The summed E-state index contributed by atoms with van der Waals surface area (Å²) in [6.07, 6.45) is 2.58. The Hall–Kier alpha value is 0.244. The van der Waals surface area contributed by atoms with Gasteiger partial charge in [0, 0.05) is 32.7 Å². The second kappa shape index (κ2) is 5.38. The van der Waals surface area contributed by atoms with Crippen LogP contribution >= 0.6 is 0 Å². The number of hydrogen-bond donors (Lipinski definition) is 1. The van der Waals surface area contributed by atoms with E-state index in [0.29, 0.717) is 0 Å². The first-order chi connectivity index (χ1) is 2.89. The molecule has 0 bridgehead atoms. The second-order valence-electron chi connectivity index (χ2n) is 1.02. The van der Waals surface area contributed by atoms with Crippen molar-refractivity contribution in [3.05, 3.63) is 19.3 Å². The Morgan fingerprint density at radius 2 is 2.25 bits per heavy atom. The van der Waals surface area contributed by atoms with Crippen LogP contribution in [0.5, 0.6) is 0 Å². The number of nitrogens with one attached hydrogen (secondary N) is 1. The normalized spacial score (nSPS) is 6.62. The van der Waals surface area contributed by atoms with E-state index in [1.54, 1.807) is 0 Å². The minimum Gasteiger partial charge on any atom is -0.377 e. The average Bonchev–Trinajstić information content (AvgIpc) is 1.86. The Balaban J connectivity index is 0. The monoisotopic (exact) mass is 186 g/mol. The molecule has 0 amide bonds. The third-order valence-corrected chi connectivity index (χ3v) is 0.485. The van der Waals surface area contributed by atoms with Crippen molar-refractivity contribution in [2.45, 2.75) is 6.92 Å². The van der Waals surface area contributed by atoms with E-state index in [4.69, 9.17) is 0 Å². The maximum atomic E-state index is 3.62. The molecule has 0 fully saturated rings. The van der Waals surface area contributed by atoms with Gasteiger partial charge in [-0.2, -0.15) is 0 Å². The Kier molecular flexibility index (Phi) is 7.46. The largest absolute Gasteiger partial charge is 0.377 e. The minimum atomic E-state index is 0. The second-order valence-corrected chi connectivity index (χ2v) is 1.02. The Morgan fingerprint density at radius 1 is 1.62 bits per heavy atom. The summed E-state index contributed by atoms with van der Waals surface area (Å²) in [6.45, 7) is 1.82. The van der Waals surface area contributed by atoms with Gasteiger partial charge in [-0.1, -0.05) is 6.92 Å². The molecule has 0 unspecified atom stereocenters. The van der Waals surface area contributed by atoms with Crippen molar-refractivity contribution in [3.8, 4) is 0 Å². The van der Waals surface area contributed by atoms with Gasteiger partial charge in [0.25, 0.3) is 0 Å². The molecule has 4 heteroatoms. The topological polar surface area (TPSA) is 41.6 Å². The van der Waals surface area contributed by atoms with Crippen molar-refractivity contribution in [3.63, 3.8) is 0 Å². The van der Waals surface area contributed by atoms with Gasteiger partial charge in [-0.05, 0) is 0 Å². The smallest absolute Gasteiger partial charge is 0 e. The van der Waals surface area contributed by atoms with Crippen LogP contribution in [0.1, 0.15) is 5.69 Å². The molecule has 1 heterocycles. The van der Waals surface area contributed by atoms with Crippen LogP contribution in [0, 0.1) is 20.5 Å². The predicted octanol–water partition coefficient (Wildman–Crippen LogP) is 0.361. The number of aromatic nitrogens is 3. The van der Waals surface area contributed by atoms with Crippen LogP contribution in [0.25, 0.3) is 0 Å². The molecule has 43 valence electrons. The number of nitrogens with zero attached hydrogens (tertiary/aromatic N) is 2. The first-order valence-electron chi connectivity index (χ1n) is 1.64. The van der Waals surface area contributed by atoms with Crippen LogP contribution in [0.3, 0.4) is 0 Å². The molecule has 1 N–H and O–H groups in total. The van der Waals surface area contributed by atoms with Crippen molar-refractivity contribution in [2.75, 3.05) is 0 Å². The van der Waals surface area contributed by atoms with Gasteiger partial charge in [-0.25, -0.2) is 10.3 Å². The molecule has 0 aliphatic carbocycles. The van der Waals surface area contributed by atoms with Gasteiger partial charge in [0.1, 0.15) is 0 Å². The van der Waals surface area contributed by atoms with E-state index in [2.05, 4.69) is 21.6 Å². The van der Waals surface area contributed by atoms with Gasteiger partial charge in [-0.15, -0.1) is 5.69 Å². The van der Waals surface area contributed by atoms with E-state index in [1.165, 1.54) is 0 Å². The summed E-state index contributed by atoms with van der Waals surface area (Å²) in [5.74, 6) is 0. The van der Waals surface area contributed by atoms with E-state index in [9.17, 15) is 0 Å². The summed E-state index contributed by atoms with van der Waals surface area (Å²) in [6, 6.07) is 0. The van der Waals surface area contributed by atoms with E-state index in [1.807, 2.05) is 6.92 Å². The fourth-order valence-corrected chi connectivity index (χ4v) is 0.231. The molecule has 1 rings (SSSR count). The Morgan fingerprint density at radius 3 is 2.38 bits per heavy atom. The standard InChI is InChI=1S/C3H4N3.CH3.Y/c1-3-2-4-6-5-3;;/h1H3,(H,4,5,6);1H3;/q2*-1;. The van der Waals surface area contributed by atoms with E-state index in [-0.39, 0.29) is 40.1 Å². The van der Waals surface area contributed by atoms with Crippen LogP contribution in [0.4, 0.5) is 0 Å². The first kappa shape index (κ1) is 11.1.